The van der Waals surface area contributed by atoms with Gasteiger partial charge in [0.1, 0.15) is 12.2 Å². The first-order valence-corrected chi connectivity index (χ1v) is 4.27. The summed E-state index contributed by atoms with van der Waals surface area (Å²) in [5, 5.41) is 0. The van der Waals surface area contributed by atoms with Gasteiger partial charge in [0.2, 0.25) is 0 Å². The van der Waals surface area contributed by atoms with Crippen molar-refractivity contribution in [1.82, 2.24) is 0 Å². The van der Waals surface area contributed by atoms with Crippen molar-refractivity contribution in [3.05, 3.63) is 12.2 Å². The molecule has 0 saturated carbocycles. The Morgan fingerprint density at radius 1 is 1.29 bits per heavy atom. The summed E-state index contributed by atoms with van der Waals surface area (Å²) in [7, 11) is 0. The Morgan fingerprint density at radius 2 is 1.79 bits per heavy atom. The number of rotatable bonds is 4. The molecule has 0 aliphatic rings. The van der Waals surface area contributed by atoms with Gasteiger partial charge in [0.15, 0.2) is 0 Å². The second-order valence-electron chi connectivity index (χ2n) is 3.32. The zero-order chi connectivity index (χ0) is 11.3. The minimum absolute atomic E-state index is 0.0763. The highest BCUT2D eigenvalue weighted by Gasteiger charge is 2.17. The third kappa shape index (κ3) is 4.54. The van der Waals surface area contributed by atoms with E-state index in [-0.39, 0.29) is 23.7 Å². The fourth-order valence-electron chi connectivity index (χ4n) is 0.644. The van der Waals surface area contributed by atoms with E-state index in [1.165, 1.54) is 6.92 Å². The van der Waals surface area contributed by atoms with E-state index in [4.69, 9.17) is 0 Å². The summed E-state index contributed by atoms with van der Waals surface area (Å²) in [4.78, 5) is 32.5. The predicted molar refractivity (Wildman–Crippen MR) is 50.4 cm³/mol. The van der Waals surface area contributed by atoms with Crippen molar-refractivity contribution in [2.75, 3.05) is 0 Å². The van der Waals surface area contributed by atoms with Crippen LogP contribution in [0.1, 0.15) is 27.2 Å². The molecule has 0 spiro atoms. The Balaban J connectivity index is 4.13. The molecule has 0 atom stereocenters. The van der Waals surface area contributed by atoms with Crippen LogP contribution in [-0.2, 0) is 19.1 Å². The standard InChI is InChI=1S/C10H14O4/c1-6(2)8(4)10(13)14-9(12)5-7(3)11/h6H,4-5H2,1-3H3. The van der Waals surface area contributed by atoms with Gasteiger partial charge in [0.25, 0.3) is 0 Å². The molecule has 0 aromatic carbocycles. The molecule has 78 valence electrons. The molecule has 0 rings (SSSR count). The quantitative estimate of drug-likeness (QED) is 0.387. The van der Waals surface area contributed by atoms with E-state index >= 15 is 0 Å². The Labute approximate surface area is 82.9 Å². The zero-order valence-corrected chi connectivity index (χ0v) is 8.62. The normalized spacial score (nSPS) is 9.71. The first-order valence-electron chi connectivity index (χ1n) is 4.27. The highest BCUT2D eigenvalue weighted by Crippen LogP contribution is 2.08. The smallest absolute Gasteiger partial charge is 0.341 e. The Morgan fingerprint density at radius 3 is 2.14 bits per heavy atom. The van der Waals surface area contributed by atoms with Crippen LogP contribution in [0.15, 0.2) is 12.2 Å². The molecule has 4 heteroatoms. The van der Waals surface area contributed by atoms with Gasteiger partial charge >= 0.3 is 11.9 Å². The number of ether oxygens (including phenoxy) is 1. The van der Waals surface area contributed by atoms with Gasteiger partial charge in [-0.05, 0) is 12.8 Å². The molecular weight excluding hydrogens is 184 g/mol. The minimum Gasteiger partial charge on any atom is -0.389 e. The van der Waals surface area contributed by atoms with Gasteiger partial charge in [-0.15, -0.1) is 0 Å². The summed E-state index contributed by atoms with van der Waals surface area (Å²) in [6, 6.07) is 0. The second-order valence-corrected chi connectivity index (χ2v) is 3.32. The summed E-state index contributed by atoms with van der Waals surface area (Å²) in [6.07, 6.45) is -0.378. The van der Waals surface area contributed by atoms with Gasteiger partial charge in [-0.2, -0.15) is 0 Å². The van der Waals surface area contributed by atoms with Crippen LogP contribution in [0, 0.1) is 5.92 Å². The number of hydrogen-bond acceptors (Lipinski definition) is 4. The molecule has 14 heavy (non-hydrogen) atoms. The van der Waals surface area contributed by atoms with E-state index in [0.717, 1.165) is 0 Å². The molecule has 0 heterocycles. The number of ketones is 1. The van der Waals surface area contributed by atoms with Gasteiger partial charge in [-0.1, -0.05) is 20.4 Å². The molecular formula is C10H14O4. The Bertz CT molecular complexity index is 276. The van der Waals surface area contributed by atoms with E-state index in [1.54, 1.807) is 13.8 Å². The third-order valence-corrected chi connectivity index (χ3v) is 1.56. The molecule has 0 aromatic rings. The molecule has 0 fully saturated rings. The van der Waals surface area contributed by atoms with Crippen LogP contribution in [0.4, 0.5) is 0 Å². The number of carbonyl (C=O) groups excluding carboxylic acids is 3. The number of carbonyl (C=O) groups is 3. The zero-order valence-electron chi connectivity index (χ0n) is 8.62. The average molecular weight is 198 g/mol. The van der Waals surface area contributed by atoms with Gasteiger partial charge < -0.3 is 4.74 Å². The van der Waals surface area contributed by atoms with Crippen LogP contribution in [0.5, 0.6) is 0 Å². The summed E-state index contributed by atoms with van der Waals surface area (Å²) in [5.74, 6) is -2.00. The van der Waals surface area contributed by atoms with Crippen LogP contribution >= 0.6 is 0 Å². The Kier molecular flexibility index (Phi) is 4.77. The summed E-state index contributed by atoms with van der Waals surface area (Å²) in [6.45, 7) is 8.25. The van der Waals surface area contributed by atoms with Crippen LogP contribution in [0.25, 0.3) is 0 Å². The second kappa shape index (κ2) is 5.32. The average Bonchev–Trinajstić information content (AvgIpc) is 2.00. The van der Waals surface area contributed by atoms with Crippen molar-refractivity contribution in [2.45, 2.75) is 27.2 Å². The lowest BCUT2D eigenvalue weighted by molar-refractivity contribution is -0.157. The largest absolute Gasteiger partial charge is 0.389 e. The van der Waals surface area contributed by atoms with Crippen molar-refractivity contribution >= 4 is 17.7 Å². The lowest BCUT2D eigenvalue weighted by atomic mass is 10.1. The lowest BCUT2D eigenvalue weighted by Crippen LogP contribution is -2.18. The van der Waals surface area contributed by atoms with Gasteiger partial charge in [-0.3, -0.25) is 9.59 Å². The predicted octanol–water partition coefficient (Wildman–Crippen LogP) is 1.25. The molecule has 0 N–H and O–H groups in total. The first kappa shape index (κ1) is 12.6. The fraction of sp³-hybridized carbons (Fsp3) is 0.500. The number of esters is 2. The Hall–Kier alpha value is -1.45. The van der Waals surface area contributed by atoms with Crippen molar-refractivity contribution < 1.29 is 19.1 Å². The maximum atomic E-state index is 11.1. The number of Topliss-reactive ketones (excluding diaryl/α,β-unsaturated/α-hetero) is 1. The van der Waals surface area contributed by atoms with Gasteiger partial charge in [0.05, 0.1) is 0 Å². The first-order chi connectivity index (χ1) is 6.34. The van der Waals surface area contributed by atoms with E-state index in [0.29, 0.717) is 0 Å². The lowest BCUT2D eigenvalue weighted by Gasteiger charge is -2.07. The topological polar surface area (TPSA) is 60.4 Å². The molecule has 0 amide bonds. The molecule has 0 aliphatic heterocycles. The fourth-order valence-corrected chi connectivity index (χ4v) is 0.644. The molecule has 0 saturated heterocycles. The van der Waals surface area contributed by atoms with E-state index in [9.17, 15) is 14.4 Å². The van der Waals surface area contributed by atoms with Crippen LogP contribution in [-0.4, -0.2) is 17.7 Å². The van der Waals surface area contributed by atoms with Gasteiger partial charge in [-0.25, -0.2) is 4.79 Å². The van der Waals surface area contributed by atoms with Gasteiger partial charge in [0, 0.05) is 5.57 Å². The van der Waals surface area contributed by atoms with Crippen molar-refractivity contribution in [3.63, 3.8) is 0 Å². The third-order valence-electron chi connectivity index (χ3n) is 1.56. The van der Waals surface area contributed by atoms with E-state index in [2.05, 4.69) is 11.3 Å². The number of hydrogen-bond donors (Lipinski definition) is 0. The van der Waals surface area contributed by atoms with Crippen LogP contribution < -0.4 is 0 Å². The molecule has 4 nitrogen and oxygen atoms in total. The van der Waals surface area contributed by atoms with E-state index in [1.807, 2.05) is 0 Å². The molecule has 0 aromatic heterocycles. The summed E-state index contributed by atoms with van der Waals surface area (Å²) in [5.41, 5.74) is 0.224. The summed E-state index contributed by atoms with van der Waals surface area (Å²) >= 11 is 0. The molecule has 0 unspecified atom stereocenters. The molecule has 0 aliphatic carbocycles. The van der Waals surface area contributed by atoms with Crippen molar-refractivity contribution in [1.29, 1.82) is 0 Å². The minimum atomic E-state index is -0.829. The van der Waals surface area contributed by atoms with Crippen molar-refractivity contribution in [3.8, 4) is 0 Å². The molecule has 0 radical (unpaired) electrons. The SMILES string of the molecule is C=C(C(=O)OC(=O)CC(C)=O)C(C)C. The molecule has 0 bridgehead atoms. The summed E-state index contributed by atoms with van der Waals surface area (Å²) < 4.78 is 4.39. The van der Waals surface area contributed by atoms with Crippen LogP contribution in [0.3, 0.4) is 0 Å². The maximum absolute atomic E-state index is 11.1. The highest BCUT2D eigenvalue weighted by molar-refractivity contribution is 6.01. The van der Waals surface area contributed by atoms with Crippen LogP contribution in [0.2, 0.25) is 0 Å². The van der Waals surface area contributed by atoms with E-state index < -0.39 is 11.9 Å². The monoisotopic (exact) mass is 198 g/mol. The van der Waals surface area contributed by atoms with Crippen molar-refractivity contribution in [2.24, 2.45) is 5.92 Å². The maximum Gasteiger partial charge on any atom is 0.341 e. The highest BCUT2D eigenvalue weighted by atomic mass is 16.6.